The molecule has 1 heterocycles. The monoisotopic (exact) mass is 344 g/mol. The van der Waals surface area contributed by atoms with E-state index in [0.29, 0.717) is 17.9 Å². The molecule has 1 aromatic carbocycles. The van der Waals surface area contributed by atoms with Crippen LogP contribution in [-0.2, 0) is 4.74 Å². The number of ether oxygens (including phenoxy) is 2. The number of hydrogen-bond donors (Lipinski definition) is 0. The van der Waals surface area contributed by atoms with E-state index in [-0.39, 0.29) is 11.2 Å². The first-order valence-electron chi connectivity index (χ1n) is 8.69. The van der Waals surface area contributed by atoms with Crippen LogP contribution in [0.3, 0.4) is 0 Å². The van der Waals surface area contributed by atoms with Gasteiger partial charge in [0.2, 0.25) is 0 Å². The van der Waals surface area contributed by atoms with Crippen LogP contribution in [0, 0.1) is 6.92 Å². The van der Waals surface area contributed by atoms with Crippen LogP contribution >= 0.6 is 0 Å². The van der Waals surface area contributed by atoms with E-state index in [1.165, 1.54) is 11.6 Å². The second-order valence-electron chi connectivity index (χ2n) is 7.09. The molecule has 136 valence electrons. The zero-order valence-electron chi connectivity index (χ0n) is 15.8. The highest BCUT2D eigenvalue weighted by Gasteiger charge is 2.15. The summed E-state index contributed by atoms with van der Waals surface area (Å²) in [5.74, 6) is 0.700. The summed E-state index contributed by atoms with van der Waals surface area (Å²) in [5.41, 5.74) is 2.37. The number of methoxy groups -OCH3 is 1. The van der Waals surface area contributed by atoms with Crippen LogP contribution in [0.5, 0.6) is 5.75 Å². The van der Waals surface area contributed by atoms with E-state index in [0.717, 1.165) is 30.2 Å². The predicted molar refractivity (Wildman–Crippen MR) is 101 cm³/mol. The number of aryl methyl sites for hydroxylation is 1. The van der Waals surface area contributed by atoms with Crippen molar-refractivity contribution in [1.29, 1.82) is 0 Å². The molecule has 25 heavy (non-hydrogen) atoms. The molecule has 0 unspecified atom stereocenters. The molecule has 0 spiro atoms. The van der Waals surface area contributed by atoms with E-state index in [2.05, 4.69) is 26.8 Å². The van der Waals surface area contributed by atoms with Gasteiger partial charge in [0.1, 0.15) is 17.9 Å². The Kier molecular flexibility index (Phi) is 6.43. The summed E-state index contributed by atoms with van der Waals surface area (Å²) in [5, 5.41) is 0.930. The van der Waals surface area contributed by atoms with Crippen molar-refractivity contribution in [3.63, 3.8) is 0 Å². The normalized spacial score (nSPS) is 12.6. The number of fused-ring (bicyclic) bond motifs is 1. The van der Waals surface area contributed by atoms with Crippen molar-refractivity contribution in [3.05, 3.63) is 51.9 Å². The smallest absolute Gasteiger partial charge is 0.336 e. The highest BCUT2D eigenvalue weighted by atomic mass is 16.5. The minimum atomic E-state index is -0.336. The van der Waals surface area contributed by atoms with Gasteiger partial charge in [-0.1, -0.05) is 5.57 Å². The van der Waals surface area contributed by atoms with E-state index in [1.54, 1.807) is 13.2 Å². The van der Waals surface area contributed by atoms with Gasteiger partial charge in [-0.25, -0.2) is 4.79 Å². The number of allylic oxidation sites excluding steroid dienone is 1. The van der Waals surface area contributed by atoms with Crippen LogP contribution in [0.2, 0.25) is 0 Å². The molecule has 0 bridgehead atoms. The van der Waals surface area contributed by atoms with Gasteiger partial charge < -0.3 is 13.9 Å². The fraction of sp³-hybridized carbons (Fsp3) is 0.476. The van der Waals surface area contributed by atoms with Gasteiger partial charge in [-0.3, -0.25) is 0 Å². The van der Waals surface area contributed by atoms with Crippen molar-refractivity contribution in [2.75, 3.05) is 13.7 Å². The van der Waals surface area contributed by atoms with Gasteiger partial charge in [0, 0.05) is 24.6 Å². The molecule has 4 nitrogen and oxygen atoms in total. The second kappa shape index (κ2) is 8.34. The Bertz CT molecular complexity index is 799. The van der Waals surface area contributed by atoms with Crippen molar-refractivity contribution in [3.8, 4) is 5.75 Å². The van der Waals surface area contributed by atoms with Crippen LogP contribution in [0.1, 0.15) is 45.6 Å². The number of hydrogen-bond acceptors (Lipinski definition) is 4. The first-order chi connectivity index (χ1) is 11.8. The average molecular weight is 344 g/mol. The standard InChI is InChI=1S/C21H28O4/c1-15(7-6-11-21(3,4)23-5)10-12-24-17-8-9-18-16(2)13-20(22)25-19(18)14-17/h8-10,13-14H,6-7,11-12H2,1-5H3/b15-10+. The lowest BCUT2D eigenvalue weighted by atomic mass is 9.99. The van der Waals surface area contributed by atoms with Crippen LogP contribution in [0.4, 0.5) is 0 Å². The molecule has 4 heteroatoms. The molecule has 2 rings (SSSR count). The largest absolute Gasteiger partial charge is 0.489 e. The quantitative estimate of drug-likeness (QED) is 0.498. The highest BCUT2D eigenvalue weighted by Crippen LogP contribution is 2.22. The minimum Gasteiger partial charge on any atom is -0.489 e. The van der Waals surface area contributed by atoms with Crippen molar-refractivity contribution in [1.82, 2.24) is 0 Å². The maximum atomic E-state index is 11.5. The Morgan fingerprint density at radius 3 is 2.76 bits per heavy atom. The molecule has 0 radical (unpaired) electrons. The Labute approximate surface area is 149 Å². The first-order valence-corrected chi connectivity index (χ1v) is 8.69. The van der Waals surface area contributed by atoms with Crippen molar-refractivity contribution >= 4 is 11.0 Å². The molecule has 0 aliphatic rings. The number of rotatable bonds is 8. The van der Waals surface area contributed by atoms with Gasteiger partial charge in [0.05, 0.1) is 5.60 Å². The molecular formula is C21H28O4. The zero-order chi connectivity index (χ0) is 18.4. The predicted octanol–water partition coefficient (Wildman–Crippen LogP) is 5.02. The minimum absolute atomic E-state index is 0.0656. The molecule has 0 N–H and O–H groups in total. The highest BCUT2D eigenvalue weighted by molar-refractivity contribution is 5.81. The van der Waals surface area contributed by atoms with Gasteiger partial charge >= 0.3 is 5.63 Å². The molecule has 0 aliphatic heterocycles. The summed E-state index contributed by atoms with van der Waals surface area (Å²) < 4.78 is 16.4. The Hall–Kier alpha value is -2.07. The number of benzene rings is 1. The average Bonchev–Trinajstić information content (AvgIpc) is 2.54. The van der Waals surface area contributed by atoms with Crippen LogP contribution in [-0.4, -0.2) is 19.3 Å². The van der Waals surface area contributed by atoms with E-state index >= 15 is 0 Å². The molecule has 0 amide bonds. The lowest BCUT2D eigenvalue weighted by molar-refractivity contribution is 0.0140. The maximum absolute atomic E-state index is 11.5. The third-order valence-corrected chi connectivity index (χ3v) is 4.51. The van der Waals surface area contributed by atoms with Gasteiger partial charge in [-0.05, 0) is 70.7 Å². The molecule has 0 saturated carbocycles. The van der Waals surface area contributed by atoms with Crippen LogP contribution in [0.25, 0.3) is 11.0 Å². The lowest BCUT2D eigenvalue weighted by Crippen LogP contribution is -2.21. The fourth-order valence-corrected chi connectivity index (χ4v) is 2.67. The van der Waals surface area contributed by atoms with E-state index < -0.39 is 0 Å². The van der Waals surface area contributed by atoms with Gasteiger partial charge in [-0.15, -0.1) is 0 Å². The third-order valence-electron chi connectivity index (χ3n) is 4.51. The van der Waals surface area contributed by atoms with Crippen LogP contribution < -0.4 is 10.4 Å². The van der Waals surface area contributed by atoms with Gasteiger partial charge in [-0.2, -0.15) is 0 Å². The summed E-state index contributed by atoms with van der Waals surface area (Å²) >= 11 is 0. The summed E-state index contributed by atoms with van der Waals surface area (Å²) in [6.07, 6.45) is 5.24. The van der Waals surface area contributed by atoms with E-state index in [9.17, 15) is 4.79 Å². The third kappa shape index (κ3) is 5.75. The Morgan fingerprint density at radius 1 is 1.28 bits per heavy atom. The molecule has 1 aromatic heterocycles. The molecule has 0 aliphatic carbocycles. The lowest BCUT2D eigenvalue weighted by Gasteiger charge is -2.22. The zero-order valence-corrected chi connectivity index (χ0v) is 15.8. The summed E-state index contributed by atoms with van der Waals surface area (Å²) in [6, 6.07) is 7.10. The van der Waals surface area contributed by atoms with Crippen molar-refractivity contribution in [2.45, 2.75) is 52.6 Å². The molecule has 0 saturated heterocycles. The fourth-order valence-electron chi connectivity index (χ4n) is 2.67. The first kappa shape index (κ1) is 19.3. The molecular weight excluding hydrogens is 316 g/mol. The summed E-state index contributed by atoms with van der Waals surface area (Å²) in [4.78, 5) is 11.5. The second-order valence-corrected chi connectivity index (χ2v) is 7.09. The molecule has 0 fully saturated rings. The van der Waals surface area contributed by atoms with Gasteiger partial charge in [0.15, 0.2) is 0 Å². The summed E-state index contributed by atoms with van der Waals surface area (Å²) in [6.45, 7) is 8.73. The Balaban J connectivity index is 1.90. The SMILES string of the molecule is COC(C)(C)CCC/C(C)=C/COc1ccc2c(C)cc(=O)oc2c1. The van der Waals surface area contributed by atoms with Crippen LogP contribution in [0.15, 0.2) is 45.1 Å². The van der Waals surface area contributed by atoms with Gasteiger partial charge in [0.25, 0.3) is 0 Å². The summed E-state index contributed by atoms with van der Waals surface area (Å²) in [7, 11) is 1.75. The maximum Gasteiger partial charge on any atom is 0.336 e. The van der Waals surface area contributed by atoms with Crippen molar-refractivity contribution < 1.29 is 13.9 Å². The van der Waals surface area contributed by atoms with E-state index in [4.69, 9.17) is 13.9 Å². The Morgan fingerprint density at radius 2 is 2.04 bits per heavy atom. The molecule has 2 aromatic rings. The topological polar surface area (TPSA) is 48.7 Å². The van der Waals surface area contributed by atoms with Crippen molar-refractivity contribution in [2.24, 2.45) is 0 Å². The molecule has 0 atom stereocenters. The van der Waals surface area contributed by atoms with E-state index in [1.807, 2.05) is 19.1 Å².